The molecule has 1 aromatic heterocycles. The maximum Gasteiger partial charge on any atom is 0.0482 e. The first-order valence-corrected chi connectivity index (χ1v) is 7.40. The van der Waals surface area contributed by atoms with Crippen LogP contribution in [-0.4, -0.2) is 42.0 Å². The number of nitrogens with zero attached hydrogens (tertiary/aromatic N) is 2. The van der Waals surface area contributed by atoms with E-state index in [1.54, 1.807) is 0 Å². The molecule has 0 aromatic carbocycles. The lowest BCUT2D eigenvalue weighted by Gasteiger charge is -2.27. The van der Waals surface area contributed by atoms with Gasteiger partial charge in [-0.2, -0.15) is 11.8 Å². The molecule has 2 N–H and O–H groups in total. The Balaban J connectivity index is 2.60. The van der Waals surface area contributed by atoms with Crippen molar-refractivity contribution in [2.45, 2.75) is 19.4 Å². The highest BCUT2D eigenvalue weighted by atomic mass is 32.2. The van der Waals surface area contributed by atoms with Crippen LogP contribution >= 0.6 is 11.8 Å². The van der Waals surface area contributed by atoms with E-state index in [1.165, 1.54) is 17.7 Å². The van der Waals surface area contributed by atoms with Gasteiger partial charge in [0.15, 0.2) is 0 Å². The van der Waals surface area contributed by atoms with Crippen LogP contribution in [0.4, 0.5) is 0 Å². The van der Waals surface area contributed by atoms with E-state index < -0.39 is 0 Å². The van der Waals surface area contributed by atoms with Crippen molar-refractivity contribution in [3.05, 3.63) is 29.6 Å². The lowest BCUT2D eigenvalue weighted by Crippen LogP contribution is -2.31. The van der Waals surface area contributed by atoms with Crippen molar-refractivity contribution in [2.24, 2.45) is 5.73 Å². The minimum absolute atomic E-state index is 0.282. The van der Waals surface area contributed by atoms with Crippen molar-refractivity contribution < 1.29 is 0 Å². The highest BCUT2D eigenvalue weighted by molar-refractivity contribution is 7.98. The predicted octanol–water partition coefficient (Wildman–Crippen LogP) is 2.07. The number of hydrogen-bond donors (Lipinski definition) is 1. The Morgan fingerprint density at radius 1 is 1.47 bits per heavy atom. The molecule has 0 fully saturated rings. The molecule has 0 saturated heterocycles. The Hall–Kier alpha value is -0.580. The Morgan fingerprint density at radius 2 is 2.24 bits per heavy atom. The first-order chi connectivity index (χ1) is 8.19. The third-order valence-corrected chi connectivity index (χ3v) is 3.63. The Morgan fingerprint density at radius 3 is 2.76 bits per heavy atom. The van der Waals surface area contributed by atoms with Crippen molar-refractivity contribution in [3.63, 3.8) is 0 Å². The summed E-state index contributed by atoms with van der Waals surface area (Å²) in [5.41, 5.74) is 8.14. The number of aryl methyl sites for hydroxylation is 1. The van der Waals surface area contributed by atoms with Gasteiger partial charge in [-0.25, -0.2) is 0 Å². The fourth-order valence-electron chi connectivity index (χ4n) is 1.86. The smallest absolute Gasteiger partial charge is 0.0482 e. The van der Waals surface area contributed by atoms with Crippen molar-refractivity contribution in [1.29, 1.82) is 0 Å². The fourth-order valence-corrected chi connectivity index (χ4v) is 2.28. The summed E-state index contributed by atoms with van der Waals surface area (Å²) in [6.07, 6.45) is 5.29. The van der Waals surface area contributed by atoms with Gasteiger partial charge >= 0.3 is 0 Å². The Labute approximate surface area is 109 Å². The molecular formula is C13H23N3S. The summed E-state index contributed by atoms with van der Waals surface area (Å²) in [4.78, 5) is 6.66. The van der Waals surface area contributed by atoms with E-state index in [1.807, 2.05) is 30.9 Å². The summed E-state index contributed by atoms with van der Waals surface area (Å²) in [6, 6.07) is 4.46. The molecule has 96 valence electrons. The second-order valence-electron chi connectivity index (χ2n) is 4.31. The van der Waals surface area contributed by atoms with Crippen LogP contribution in [-0.2, 0) is 0 Å². The molecule has 1 heterocycles. The number of pyridine rings is 1. The van der Waals surface area contributed by atoms with Crippen molar-refractivity contribution in [1.82, 2.24) is 9.88 Å². The molecule has 4 heteroatoms. The van der Waals surface area contributed by atoms with Gasteiger partial charge in [0.2, 0.25) is 0 Å². The second-order valence-corrected chi connectivity index (χ2v) is 5.30. The minimum Gasteiger partial charge on any atom is -0.329 e. The molecule has 1 aromatic rings. The number of rotatable bonds is 7. The van der Waals surface area contributed by atoms with E-state index in [0.717, 1.165) is 12.2 Å². The van der Waals surface area contributed by atoms with Gasteiger partial charge in [-0.1, -0.05) is 6.07 Å². The van der Waals surface area contributed by atoms with E-state index in [2.05, 4.69) is 29.3 Å². The van der Waals surface area contributed by atoms with Gasteiger partial charge in [0.1, 0.15) is 0 Å². The standard InChI is InChI=1S/C13H23N3S/c1-11-5-6-12(10-15-11)13(9-14)16(2)7-4-8-17-3/h5-6,10,13H,4,7-9,14H2,1-3H3. The molecule has 0 spiro atoms. The van der Waals surface area contributed by atoms with Crippen molar-refractivity contribution >= 4 is 11.8 Å². The molecule has 0 aliphatic rings. The topological polar surface area (TPSA) is 42.1 Å². The Kier molecular flexibility index (Phi) is 6.55. The molecule has 0 amide bonds. The van der Waals surface area contributed by atoms with Crippen molar-refractivity contribution in [3.8, 4) is 0 Å². The maximum absolute atomic E-state index is 5.87. The first kappa shape index (κ1) is 14.5. The molecule has 1 rings (SSSR count). The summed E-state index contributed by atoms with van der Waals surface area (Å²) < 4.78 is 0. The molecule has 0 bridgehead atoms. The molecule has 3 nitrogen and oxygen atoms in total. The molecule has 17 heavy (non-hydrogen) atoms. The second kappa shape index (κ2) is 7.69. The minimum atomic E-state index is 0.282. The summed E-state index contributed by atoms with van der Waals surface area (Å²) in [5, 5.41) is 0. The van der Waals surface area contributed by atoms with Crippen LogP contribution in [0.15, 0.2) is 18.3 Å². The van der Waals surface area contributed by atoms with Gasteiger partial charge in [0, 0.05) is 24.5 Å². The largest absolute Gasteiger partial charge is 0.329 e. The van der Waals surface area contributed by atoms with Crippen LogP contribution in [0.1, 0.15) is 23.7 Å². The van der Waals surface area contributed by atoms with E-state index in [0.29, 0.717) is 6.54 Å². The van der Waals surface area contributed by atoms with Crippen LogP contribution < -0.4 is 5.73 Å². The van der Waals surface area contributed by atoms with Gasteiger partial charge in [0.25, 0.3) is 0 Å². The molecular weight excluding hydrogens is 230 g/mol. The lowest BCUT2D eigenvalue weighted by atomic mass is 10.1. The summed E-state index contributed by atoms with van der Waals surface area (Å²) in [7, 11) is 2.14. The fraction of sp³-hybridized carbons (Fsp3) is 0.615. The van der Waals surface area contributed by atoms with Gasteiger partial charge in [0.05, 0.1) is 0 Å². The molecule has 1 atom stereocenters. The summed E-state index contributed by atoms with van der Waals surface area (Å²) in [5.74, 6) is 1.20. The van der Waals surface area contributed by atoms with Crippen molar-refractivity contribution in [2.75, 3.05) is 32.1 Å². The molecule has 0 radical (unpaired) electrons. The normalized spacial score (nSPS) is 13.0. The van der Waals surface area contributed by atoms with Gasteiger partial charge in [-0.15, -0.1) is 0 Å². The number of thioether (sulfide) groups is 1. The van der Waals surface area contributed by atoms with Gasteiger partial charge in [-0.3, -0.25) is 9.88 Å². The van der Waals surface area contributed by atoms with Gasteiger partial charge < -0.3 is 5.73 Å². The first-order valence-electron chi connectivity index (χ1n) is 6.00. The average molecular weight is 253 g/mol. The highest BCUT2D eigenvalue weighted by Gasteiger charge is 2.14. The third-order valence-electron chi connectivity index (χ3n) is 2.93. The lowest BCUT2D eigenvalue weighted by molar-refractivity contribution is 0.251. The third kappa shape index (κ3) is 4.66. The predicted molar refractivity (Wildman–Crippen MR) is 76.4 cm³/mol. The molecule has 0 aliphatic carbocycles. The van der Waals surface area contributed by atoms with Crippen LogP contribution in [0.25, 0.3) is 0 Å². The van der Waals surface area contributed by atoms with Crippen LogP contribution in [0, 0.1) is 6.92 Å². The number of likely N-dealkylation sites (N-methyl/N-ethyl adjacent to an activating group) is 1. The van der Waals surface area contributed by atoms with E-state index >= 15 is 0 Å². The van der Waals surface area contributed by atoms with Gasteiger partial charge in [-0.05, 0) is 50.6 Å². The van der Waals surface area contributed by atoms with E-state index in [9.17, 15) is 0 Å². The quantitative estimate of drug-likeness (QED) is 0.756. The zero-order valence-corrected chi connectivity index (χ0v) is 11.8. The number of nitrogens with two attached hydrogens (primary N) is 1. The van der Waals surface area contributed by atoms with E-state index in [4.69, 9.17) is 5.73 Å². The SMILES string of the molecule is CSCCCN(C)C(CN)c1ccc(C)nc1. The zero-order chi connectivity index (χ0) is 12.7. The van der Waals surface area contributed by atoms with Crippen LogP contribution in [0.5, 0.6) is 0 Å². The molecule has 0 aliphatic heterocycles. The maximum atomic E-state index is 5.87. The summed E-state index contributed by atoms with van der Waals surface area (Å²) in [6.45, 7) is 3.72. The molecule has 0 saturated carbocycles. The zero-order valence-electron chi connectivity index (χ0n) is 11.0. The molecule has 1 unspecified atom stereocenters. The monoisotopic (exact) mass is 253 g/mol. The number of hydrogen-bond acceptors (Lipinski definition) is 4. The van der Waals surface area contributed by atoms with Crippen LogP contribution in [0.3, 0.4) is 0 Å². The number of aromatic nitrogens is 1. The highest BCUT2D eigenvalue weighted by Crippen LogP contribution is 2.18. The Bertz CT molecular complexity index is 313. The van der Waals surface area contributed by atoms with Crippen LogP contribution in [0.2, 0.25) is 0 Å². The van der Waals surface area contributed by atoms with E-state index in [-0.39, 0.29) is 6.04 Å². The summed E-state index contributed by atoms with van der Waals surface area (Å²) >= 11 is 1.89. The average Bonchev–Trinajstić information content (AvgIpc) is 2.33.